The number of carbonyl (C=O) groups excluding carboxylic acids is 3. The van der Waals surface area contributed by atoms with Gasteiger partial charge in [0.2, 0.25) is 0 Å². The van der Waals surface area contributed by atoms with Crippen LogP contribution in [0.3, 0.4) is 0 Å². The van der Waals surface area contributed by atoms with E-state index in [0.29, 0.717) is 11.7 Å². The predicted molar refractivity (Wildman–Crippen MR) is 141 cm³/mol. The summed E-state index contributed by atoms with van der Waals surface area (Å²) in [6.45, 7) is 8.55. The maximum Gasteiger partial charge on any atom is 0.302 e. The first-order valence-corrected chi connectivity index (χ1v) is 13.1. The first-order chi connectivity index (χ1) is 14.3. The number of hydrogen-bond acceptors (Lipinski definition) is 6. The summed E-state index contributed by atoms with van der Waals surface area (Å²) in [6.07, 6.45) is 1.69. The van der Waals surface area contributed by atoms with Crippen molar-refractivity contribution < 1.29 is 78.9 Å². The molecule has 0 amide bonds. The summed E-state index contributed by atoms with van der Waals surface area (Å²) in [5, 5.41) is 0.555. The van der Waals surface area contributed by atoms with E-state index in [1.54, 1.807) is 6.92 Å². The lowest BCUT2D eigenvalue weighted by Crippen LogP contribution is -3.00. The molecular formula is C23H52Br2ClN3O4S2. The molecule has 0 aliphatic heterocycles. The molecule has 0 aromatic heterocycles. The van der Waals surface area contributed by atoms with Gasteiger partial charge in [-0.1, -0.05) is 30.4 Å². The Morgan fingerprint density at radius 3 is 1.34 bits per heavy atom. The molecular weight excluding hydrogens is 642 g/mol. The number of carbonyl (C=O) groups is 3. The normalized spacial score (nSPS) is 10.5. The number of nitrogens with zero attached hydrogens (tertiary/aromatic N) is 3. The van der Waals surface area contributed by atoms with E-state index >= 15 is 0 Å². The summed E-state index contributed by atoms with van der Waals surface area (Å²) in [5.41, 5.74) is 0. The van der Waals surface area contributed by atoms with Crippen LogP contribution in [0.25, 0.3) is 0 Å². The Hall–Kier alpha value is 0.640. The Morgan fingerprint density at radius 2 is 1.06 bits per heavy atom. The average molecular weight is 694 g/mol. The number of esters is 1. The fourth-order valence-electron chi connectivity index (χ4n) is 1.64. The molecule has 0 aliphatic rings. The van der Waals surface area contributed by atoms with Crippen LogP contribution >= 0.6 is 23.5 Å². The van der Waals surface area contributed by atoms with Crippen LogP contribution in [-0.4, -0.2) is 131 Å². The van der Waals surface area contributed by atoms with Crippen LogP contribution < -0.4 is 46.4 Å². The molecule has 0 unspecified atom stereocenters. The van der Waals surface area contributed by atoms with Crippen LogP contribution in [0.15, 0.2) is 0 Å². The van der Waals surface area contributed by atoms with E-state index in [1.807, 2.05) is 6.92 Å². The first-order valence-electron chi connectivity index (χ1n) is 11.1. The van der Waals surface area contributed by atoms with Gasteiger partial charge in [0.05, 0.1) is 88.0 Å². The minimum Gasteiger partial charge on any atom is -1.00 e. The molecule has 0 saturated heterocycles. The van der Waals surface area contributed by atoms with Gasteiger partial charge < -0.3 is 64.6 Å². The Kier molecular flexibility index (Phi) is 36.5. The van der Waals surface area contributed by atoms with Gasteiger partial charge in [-0.05, 0) is 6.42 Å². The molecule has 0 aliphatic carbocycles. The van der Waals surface area contributed by atoms with Gasteiger partial charge in [-0.15, -0.1) is 0 Å². The highest BCUT2D eigenvalue weighted by atomic mass is 79.9. The summed E-state index contributed by atoms with van der Waals surface area (Å²) in [4.78, 5) is 31.9. The molecule has 0 spiro atoms. The summed E-state index contributed by atoms with van der Waals surface area (Å²) >= 11 is 2.88. The van der Waals surface area contributed by atoms with Gasteiger partial charge in [0.15, 0.2) is 10.2 Å². The van der Waals surface area contributed by atoms with Crippen LogP contribution in [0, 0.1) is 0 Å². The molecule has 35 heavy (non-hydrogen) atoms. The zero-order valence-corrected chi connectivity index (χ0v) is 29.6. The third-order valence-corrected chi connectivity index (χ3v) is 5.32. The van der Waals surface area contributed by atoms with Crippen molar-refractivity contribution in [1.29, 1.82) is 0 Å². The molecule has 0 heterocycles. The Bertz CT molecular complexity index is 510. The molecule has 216 valence electrons. The van der Waals surface area contributed by atoms with E-state index in [1.165, 1.54) is 30.4 Å². The molecule has 0 aromatic rings. The lowest BCUT2D eigenvalue weighted by Gasteiger charge is -2.23. The molecule has 7 nitrogen and oxygen atoms in total. The molecule has 12 heteroatoms. The van der Waals surface area contributed by atoms with Crippen molar-refractivity contribution in [3.05, 3.63) is 0 Å². The lowest BCUT2D eigenvalue weighted by atomic mass is 10.4. The van der Waals surface area contributed by atoms with Gasteiger partial charge in [0, 0.05) is 20.3 Å². The van der Waals surface area contributed by atoms with Crippen molar-refractivity contribution in [1.82, 2.24) is 0 Å². The largest absolute Gasteiger partial charge is 1.00 e. The second-order valence-electron chi connectivity index (χ2n) is 10.7. The maximum absolute atomic E-state index is 11.1. The Labute approximate surface area is 252 Å². The zero-order chi connectivity index (χ0) is 26.0. The fraction of sp³-hybridized carbons (Fsp3) is 0.870. The van der Waals surface area contributed by atoms with Crippen molar-refractivity contribution >= 4 is 39.7 Å². The number of thioether (sulfide) groups is 2. The molecule has 0 aromatic carbocycles. The van der Waals surface area contributed by atoms with E-state index in [-0.39, 0.29) is 57.5 Å². The molecule has 0 atom stereocenters. The monoisotopic (exact) mass is 691 g/mol. The van der Waals surface area contributed by atoms with E-state index in [4.69, 9.17) is 4.74 Å². The number of rotatable bonds is 11. The highest BCUT2D eigenvalue weighted by Gasteiger charge is 2.09. The minimum atomic E-state index is -0.201. The summed E-state index contributed by atoms with van der Waals surface area (Å²) < 4.78 is 7.46. The van der Waals surface area contributed by atoms with E-state index in [0.717, 1.165) is 57.4 Å². The zero-order valence-electron chi connectivity index (χ0n) is 24.1. The maximum atomic E-state index is 11.1. The number of likely N-dealkylation sites (N-methyl/N-ethyl adjacent to an activating group) is 1. The standard InChI is InChI=1S/C9H20NOS.C7H16NO2.C7H16NOS.2BrH.ClH/c1-5-6-9(11)12-8-7-10(2,3)4;2*1-7(9)10-6-5-8(2,3)4;;;/h5-8H2,1-4H3;2*5-6H2,1-4H3;3*1H/q3*+1;;;/p-3. The number of ether oxygens (including phenoxy) is 1. The topological polar surface area (TPSA) is 60.4 Å². The van der Waals surface area contributed by atoms with Crippen LogP contribution in [0.5, 0.6) is 0 Å². The van der Waals surface area contributed by atoms with Crippen molar-refractivity contribution in [2.24, 2.45) is 0 Å². The third kappa shape index (κ3) is 60.8. The highest BCUT2D eigenvalue weighted by molar-refractivity contribution is 8.13. The number of quaternary nitrogens is 3. The van der Waals surface area contributed by atoms with Crippen LogP contribution in [0.1, 0.15) is 33.6 Å². The average Bonchev–Trinajstić information content (AvgIpc) is 2.51. The van der Waals surface area contributed by atoms with Gasteiger partial charge in [-0.2, -0.15) is 0 Å². The van der Waals surface area contributed by atoms with Crippen molar-refractivity contribution in [2.45, 2.75) is 33.6 Å². The fourth-order valence-corrected chi connectivity index (χ4v) is 3.78. The molecule has 0 rings (SSSR count). The first kappa shape index (κ1) is 48.7. The van der Waals surface area contributed by atoms with Gasteiger partial charge in [-0.25, -0.2) is 0 Å². The van der Waals surface area contributed by atoms with Gasteiger partial charge in [0.25, 0.3) is 0 Å². The number of halogens is 3. The number of hydrogen-bond donors (Lipinski definition) is 0. The lowest BCUT2D eigenvalue weighted by molar-refractivity contribution is -0.870. The van der Waals surface area contributed by atoms with Crippen LogP contribution in [0.2, 0.25) is 0 Å². The van der Waals surface area contributed by atoms with E-state index in [2.05, 4.69) is 63.4 Å². The summed E-state index contributed by atoms with van der Waals surface area (Å²) in [7, 11) is 19.0. The Balaban J connectivity index is -0.0000000869. The molecule has 0 radical (unpaired) electrons. The van der Waals surface area contributed by atoms with E-state index < -0.39 is 0 Å². The quantitative estimate of drug-likeness (QED) is 0.159. The smallest absolute Gasteiger partial charge is 0.302 e. The highest BCUT2D eigenvalue weighted by Crippen LogP contribution is 2.08. The summed E-state index contributed by atoms with van der Waals surface area (Å²) in [5.74, 6) is 1.68. The van der Waals surface area contributed by atoms with Gasteiger partial charge in [0.1, 0.15) is 13.2 Å². The van der Waals surface area contributed by atoms with Crippen LogP contribution in [-0.2, 0) is 19.1 Å². The van der Waals surface area contributed by atoms with Gasteiger partial charge >= 0.3 is 5.97 Å². The Morgan fingerprint density at radius 1 is 0.686 bits per heavy atom. The van der Waals surface area contributed by atoms with E-state index in [9.17, 15) is 14.4 Å². The predicted octanol–water partition coefficient (Wildman–Crippen LogP) is -6.01. The van der Waals surface area contributed by atoms with Crippen LogP contribution in [0.4, 0.5) is 0 Å². The van der Waals surface area contributed by atoms with Crippen molar-refractivity contribution in [2.75, 3.05) is 101 Å². The SMILES string of the molecule is CC(=O)OCC[N+](C)(C)C.CC(=O)SCC[N+](C)(C)C.CCCC(=O)SCC[N+](C)(C)C.[Br-].[Br-].[Cl-]. The summed E-state index contributed by atoms with van der Waals surface area (Å²) in [6, 6.07) is 0. The van der Waals surface area contributed by atoms with Crippen molar-refractivity contribution in [3.63, 3.8) is 0 Å². The molecule has 0 N–H and O–H groups in total. The van der Waals surface area contributed by atoms with Gasteiger partial charge in [-0.3, -0.25) is 14.4 Å². The van der Waals surface area contributed by atoms with Crippen molar-refractivity contribution in [3.8, 4) is 0 Å². The molecule has 0 bridgehead atoms. The third-order valence-electron chi connectivity index (χ3n) is 3.61. The second-order valence-corrected chi connectivity index (χ2v) is 13.1. The molecule has 0 saturated carbocycles. The minimum absolute atomic E-state index is 0. The second kappa shape index (κ2) is 26.3. The molecule has 0 fully saturated rings.